The van der Waals surface area contributed by atoms with E-state index in [4.69, 9.17) is 9.47 Å². The van der Waals surface area contributed by atoms with E-state index in [9.17, 15) is 0 Å². The minimum atomic E-state index is 0.843. The second-order valence-corrected chi connectivity index (χ2v) is 10.4. The minimum absolute atomic E-state index is 0.843. The molecule has 0 saturated carbocycles. The summed E-state index contributed by atoms with van der Waals surface area (Å²) in [5, 5.41) is 4.89. The van der Waals surface area contributed by atoms with Gasteiger partial charge in [0.25, 0.3) is 0 Å². The Kier molecular flexibility index (Phi) is 6.65. The molecule has 0 aliphatic heterocycles. The van der Waals surface area contributed by atoms with Gasteiger partial charge in [-0.3, -0.25) is 0 Å². The van der Waals surface area contributed by atoms with Crippen molar-refractivity contribution in [3.8, 4) is 56.0 Å². The highest BCUT2D eigenvalue weighted by atomic mass is 16.5. The van der Waals surface area contributed by atoms with Crippen LogP contribution in [0.25, 0.3) is 66.1 Å². The van der Waals surface area contributed by atoms with Crippen molar-refractivity contribution < 1.29 is 9.47 Å². The Morgan fingerprint density at radius 1 is 0.333 bits per heavy atom. The van der Waals surface area contributed by atoms with Crippen molar-refractivity contribution in [2.45, 2.75) is 0 Å². The first-order valence-corrected chi connectivity index (χ1v) is 14.2. The Morgan fingerprint density at radius 2 is 0.714 bits per heavy atom. The third-order valence-electron chi connectivity index (χ3n) is 8.09. The maximum absolute atomic E-state index is 5.54. The summed E-state index contributed by atoms with van der Waals surface area (Å²) < 4.78 is 11.1. The van der Waals surface area contributed by atoms with Crippen molar-refractivity contribution in [3.63, 3.8) is 0 Å². The standard InChI is InChI=1S/C40H30O2/c1-41-31-23-19-29(20-24-31)37-35-17-9-16-34(28-13-7-4-8-14-28)40(35)38(30-21-25-32(42-2)26-22-30)36-18-10-15-33(39(36)37)27-11-5-3-6-12-27/h3-26H,1-2H3. The molecule has 0 aromatic heterocycles. The van der Waals surface area contributed by atoms with Crippen molar-refractivity contribution in [2.24, 2.45) is 0 Å². The van der Waals surface area contributed by atoms with E-state index in [1.165, 1.54) is 54.9 Å². The van der Waals surface area contributed by atoms with Gasteiger partial charge in [0.05, 0.1) is 14.2 Å². The quantitative estimate of drug-likeness (QED) is 0.195. The SMILES string of the molecule is COc1ccc(-c2c3cccc(-c4ccccc4)c3c(-c3ccc(OC)cc3)c3cccc(-c4ccccc4)c23)cc1. The van der Waals surface area contributed by atoms with Crippen molar-refractivity contribution >= 4 is 21.5 Å². The van der Waals surface area contributed by atoms with Crippen LogP contribution in [0.5, 0.6) is 11.5 Å². The van der Waals surface area contributed by atoms with Crippen LogP contribution in [-0.4, -0.2) is 14.2 Å². The highest BCUT2D eigenvalue weighted by Gasteiger charge is 2.22. The molecule has 0 spiro atoms. The molecule has 0 aliphatic rings. The first kappa shape index (κ1) is 25.6. The topological polar surface area (TPSA) is 18.5 Å². The van der Waals surface area contributed by atoms with Crippen LogP contribution in [-0.2, 0) is 0 Å². The van der Waals surface area contributed by atoms with Crippen LogP contribution < -0.4 is 9.47 Å². The molecule has 0 fully saturated rings. The highest BCUT2D eigenvalue weighted by Crippen LogP contribution is 2.49. The van der Waals surface area contributed by atoms with Gasteiger partial charge < -0.3 is 9.47 Å². The van der Waals surface area contributed by atoms with Gasteiger partial charge in [-0.25, -0.2) is 0 Å². The lowest BCUT2D eigenvalue weighted by molar-refractivity contribution is 0.415. The molecule has 0 radical (unpaired) electrons. The molecule has 7 aromatic rings. The number of ether oxygens (including phenoxy) is 2. The molecule has 202 valence electrons. The summed E-state index contributed by atoms with van der Waals surface area (Å²) in [5.41, 5.74) is 9.55. The smallest absolute Gasteiger partial charge is 0.118 e. The second-order valence-electron chi connectivity index (χ2n) is 10.4. The van der Waals surface area contributed by atoms with Crippen LogP contribution in [0.1, 0.15) is 0 Å². The first-order chi connectivity index (χ1) is 20.8. The molecule has 0 unspecified atom stereocenters. The largest absolute Gasteiger partial charge is 0.497 e. The zero-order valence-electron chi connectivity index (χ0n) is 23.7. The molecule has 0 bridgehead atoms. The Morgan fingerprint density at radius 3 is 1.07 bits per heavy atom. The molecule has 0 N–H and O–H groups in total. The average molecular weight is 543 g/mol. The molecule has 7 aromatic carbocycles. The van der Waals surface area contributed by atoms with E-state index in [1.807, 2.05) is 0 Å². The van der Waals surface area contributed by atoms with E-state index < -0.39 is 0 Å². The zero-order valence-corrected chi connectivity index (χ0v) is 23.7. The molecule has 2 nitrogen and oxygen atoms in total. The van der Waals surface area contributed by atoms with Gasteiger partial charge in [-0.2, -0.15) is 0 Å². The van der Waals surface area contributed by atoms with Crippen molar-refractivity contribution in [2.75, 3.05) is 14.2 Å². The van der Waals surface area contributed by atoms with E-state index >= 15 is 0 Å². The lowest BCUT2D eigenvalue weighted by Crippen LogP contribution is -1.95. The molecular weight excluding hydrogens is 512 g/mol. The molecule has 0 amide bonds. The van der Waals surface area contributed by atoms with Crippen LogP contribution in [0.2, 0.25) is 0 Å². The van der Waals surface area contributed by atoms with Crippen molar-refractivity contribution in [3.05, 3.63) is 146 Å². The van der Waals surface area contributed by atoms with Gasteiger partial charge in [0.15, 0.2) is 0 Å². The summed E-state index contributed by atoms with van der Waals surface area (Å²) in [6.07, 6.45) is 0. The third-order valence-corrected chi connectivity index (χ3v) is 8.09. The number of hydrogen-bond acceptors (Lipinski definition) is 2. The van der Waals surface area contributed by atoms with Gasteiger partial charge in [-0.15, -0.1) is 0 Å². The number of methoxy groups -OCH3 is 2. The van der Waals surface area contributed by atoms with Crippen LogP contribution in [0.3, 0.4) is 0 Å². The highest BCUT2D eigenvalue weighted by molar-refractivity contribution is 6.27. The first-order valence-electron chi connectivity index (χ1n) is 14.2. The third kappa shape index (κ3) is 4.38. The summed E-state index contributed by atoms with van der Waals surface area (Å²) in [6.45, 7) is 0. The fourth-order valence-electron chi connectivity index (χ4n) is 6.16. The van der Waals surface area contributed by atoms with Crippen LogP contribution in [0.15, 0.2) is 146 Å². The lowest BCUT2D eigenvalue weighted by atomic mass is 9.81. The lowest BCUT2D eigenvalue weighted by Gasteiger charge is -2.22. The molecular formula is C40H30O2. The fourth-order valence-corrected chi connectivity index (χ4v) is 6.16. The summed E-state index contributed by atoms with van der Waals surface area (Å²) in [5.74, 6) is 1.69. The Labute approximate surface area is 246 Å². The van der Waals surface area contributed by atoms with Gasteiger partial charge >= 0.3 is 0 Å². The summed E-state index contributed by atoms with van der Waals surface area (Å²) in [4.78, 5) is 0. The molecule has 2 heteroatoms. The monoisotopic (exact) mass is 542 g/mol. The molecule has 0 saturated heterocycles. The van der Waals surface area contributed by atoms with Gasteiger partial charge in [-0.1, -0.05) is 121 Å². The summed E-state index contributed by atoms with van der Waals surface area (Å²) >= 11 is 0. The van der Waals surface area contributed by atoms with Crippen LogP contribution in [0, 0.1) is 0 Å². The van der Waals surface area contributed by atoms with Crippen molar-refractivity contribution in [1.29, 1.82) is 0 Å². The maximum Gasteiger partial charge on any atom is 0.118 e. The predicted octanol–water partition coefficient (Wildman–Crippen LogP) is 10.7. The Hall–Kier alpha value is -5.34. The second kappa shape index (κ2) is 10.9. The predicted molar refractivity (Wildman–Crippen MR) is 176 cm³/mol. The van der Waals surface area contributed by atoms with E-state index in [1.54, 1.807) is 14.2 Å². The van der Waals surface area contributed by atoms with Gasteiger partial charge in [-0.05, 0) is 90.3 Å². The van der Waals surface area contributed by atoms with Gasteiger partial charge in [0.2, 0.25) is 0 Å². The Balaban J connectivity index is 1.71. The number of hydrogen-bond donors (Lipinski definition) is 0. The molecule has 7 rings (SSSR count). The Bertz CT molecular complexity index is 1860. The molecule has 0 aliphatic carbocycles. The molecule has 0 atom stereocenters. The average Bonchev–Trinajstić information content (AvgIpc) is 3.07. The van der Waals surface area contributed by atoms with E-state index in [-0.39, 0.29) is 0 Å². The normalized spacial score (nSPS) is 11.1. The van der Waals surface area contributed by atoms with E-state index in [0.29, 0.717) is 0 Å². The number of rotatable bonds is 6. The van der Waals surface area contributed by atoms with E-state index in [0.717, 1.165) is 22.6 Å². The molecule has 42 heavy (non-hydrogen) atoms. The minimum Gasteiger partial charge on any atom is -0.497 e. The summed E-state index contributed by atoms with van der Waals surface area (Å²) in [7, 11) is 3.42. The number of benzene rings is 7. The van der Waals surface area contributed by atoms with E-state index in [2.05, 4.69) is 146 Å². The number of fused-ring (bicyclic) bond motifs is 2. The van der Waals surface area contributed by atoms with Crippen molar-refractivity contribution in [1.82, 2.24) is 0 Å². The van der Waals surface area contributed by atoms with Crippen LogP contribution in [0.4, 0.5) is 0 Å². The summed E-state index contributed by atoms with van der Waals surface area (Å²) in [6, 6.07) is 51.7. The maximum atomic E-state index is 5.54. The van der Waals surface area contributed by atoms with Crippen LogP contribution >= 0.6 is 0 Å². The molecule has 0 heterocycles. The van der Waals surface area contributed by atoms with Gasteiger partial charge in [0.1, 0.15) is 11.5 Å². The fraction of sp³-hybridized carbons (Fsp3) is 0.0500. The van der Waals surface area contributed by atoms with Gasteiger partial charge in [0, 0.05) is 0 Å². The zero-order chi connectivity index (χ0) is 28.5.